The van der Waals surface area contributed by atoms with Gasteiger partial charge in [-0.15, -0.1) is 11.3 Å². The fraction of sp³-hybridized carbons (Fsp3) is 0.417. The SMILES string of the molecule is O=C(c1ccn[nH]1)N1CCCC[C@@H]1c1nccs1. The number of nitrogens with zero attached hydrogens (tertiary/aromatic N) is 3. The lowest BCUT2D eigenvalue weighted by molar-refractivity contribution is 0.0605. The number of rotatable bonds is 2. The summed E-state index contributed by atoms with van der Waals surface area (Å²) in [4.78, 5) is 18.7. The van der Waals surface area contributed by atoms with Gasteiger partial charge in [0, 0.05) is 24.3 Å². The molecule has 2 aromatic rings. The van der Waals surface area contributed by atoms with Crippen molar-refractivity contribution in [3.8, 4) is 0 Å². The highest BCUT2D eigenvalue weighted by Crippen LogP contribution is 2.32. The second kappa shape index (κ2) is 4.89. The number of thiazole rings is 1. The number of amides is 1. The molecule has 1 saturated heterocycles. The minimum absolute atomic E-state index is 0.0207. The quantitative estimate of drug-likeness (QED) is 0.902. The molecule has 0 aliphatic carbocycles. The summed E-state index contributed by atoms with van der Waals surface area (Å²) in [5, 5.41) is 9.57. The van der Waals surface area contributed by atoms with Crippen molar-refractivity contribution < 1.29 is 4.79 Å². The van der Waals surface area contributed by atoms with Gasteiger partial charge in [-0.2, -0.15) is 5.10 Å². The van der Waals surface area contributed by atoms with Gasteiger partial charge in [0.2, 0.25) is 0 Å². The average Bonchev–Trinajstić information content (AvgIpc) is 3.11. The second-order valence-electron chi connectivity index (χ2n) is 4.35. The molecule has 1 aliphatic rings. The van der Waals surface area contributed by atoms with Crippen LogP contribution < -0.4 is 0 Å². The molecule has 3 rings (SSSR count). The van der Waals surface area contributed by atoms with E-state index >= 15 is 0 Å². The van der Waals surface area contributed by atoms with Crippen LogP contribution in [0.2, 0.25) is 0 Å². The third-order valence-corrected chi connectivity index (χ3v) is 4.11. The van der Waals surface area contributed by atoms with Crippen molar-refractivity contribution in [3.63, 3.8) is 0 Å². The van der Waals surface area contributed by atoms with Crippen LogP contribution in [0, 0.1) is 0 Å². The van der Waals surface area contributed by atoms with Crippen molar-refractivity contribution in [2.24, 2.45) is 0 Å². The number of likely N-dealkylation sites (tertiary alicyclic amines) is 1. The first-order valence-corrected chi connectivity index (χ1v) is 6.94. The molecule has 1 atom stereocenters. The predicted octanol–water partition coefficient (Wildman–Crippen LogP) is 2.23. The summed E-state index contributed by atoms with van der Waals surface area (Å²) in [5.74, 6) is 0.0207. The number of aromatic nitrogens is 3. The first-order valence-electron chi connectivity index (χ1n) is 6.06. The monoisotopic (exact) mass is 262 g/mol. The molecule has 0 radical (unpaired) electrons. The zero-order chi connectivity index (χ0) is 12.4. The number of hydrogen-bond acceptors (Lipinski definition) is 4. The summed E-state index contributed by atoms with van der Waals surface area (Å²) in [6.45, 7) is 0.794. The third kappa shape index (κ3) is 2.03. The van der Waals surface area contributed by atoms with Crippen LogP contribution in [0.5, 0.6) is 0 Å². The number of aromatic amines is 1. The van der Waals surface area contributed by atoms with E-state index in [-0.39, 0.29) is 11.9 Å². The van der Waals surface area contributed by atoms with Gasteiger partial charge in [-0.1, -0.05) is 0 Å². The molecule has 3 heterocycles. The average molecular weight is 262 g/mol. The molecule has 0 spiro atoms. The standard InChI is InChI=1S/C12H14N4OS/c17-12(9-4-5-14-15-9)16-7-2-1-3-10(16)11-13-6-8-18-11/h4-6,8,10H,1-3,7H2,(H,14,15)/t10-/m1/s1. The molecule has 1 amide bonds. The van der Waals surface area contributed by atoms with Crippen LogP contribution in [0.1, 0.15) is 40.8 Å². The minimum Gasteiger partial charge on any atom is -0.328 e. The van der Waals surface area contributed by atoms with E-state index in [4.69, 9.17) is 0 Å². The van der Waals surface area contributed by atoms with E-state index in [1.165, 1.54) is 0 Å². The summed E-state index contributed by atoms with van der Waals surface area (Å²) in [6.07, 6.45) is 6.61. The highest BCUT2D eigenvalue weighted by molar-refractivity contribution is 7.09. The first kappa shape index (κ1) is 11.4. The van der Waals surface area contributed by atoms with Crippen LogP contribution in [0.15, 0.2) is 23.8 Å². The molecule has 2 aromatic heterocycles. The van der Waals surface area contributed by atoms with Gasteiger partial charge in [0.25, 0.3) is 5.91 Å². The fourth-order valence-electron chi connectivity index (χ4n) is 2.36. The highest BCUT2D eigenvalue weighted by atomic mass is 32.1. The highest BCUT2D eigenvalue weighted by Gasteiger charge is 2.30. The molecule has 0 unspecified atom stereocenters. The van der Waals surface area contributed by atoms with E-state index in [1.54, 1.807) is 29.8 Å². The molecular formula is C12H14N4OS. The van der Waals surface area contributed by atoms with Gasteiger partial charge in [-0.25, -0.2) is 4.98 Å². The van der Waals surface area contributed by atoms with E-state index in [1.807, 2.05) is 10.3 Å². The molecule has 1 fully saturated rings. The van der Waals surface area contributed by atoms with Crippen LogP contribution >= 0.6 is 11.3 Å². The van der Waals surface area contributed by atoms with Gasteiger partial charge >= 0.3 is 0 Å². The Morgan fingerprint density at radius 1 is 1.44 bits per heavy atom. The van der Waals surface area contributed by atoms with Crippen molar-refractivity contribution in [1.82, 2.24) is 20.1 Å². The molecule has 18 heavy (non-hydrogen) atoms. The number of hydrogen-bond donors (Lipinski definition) is 1. The number of carbonyl (C=O) groups excluding carboxylic acids is 1. The molecular weight excluding hydrogens is 248 g/mol. The topological polar surface area (TPSA) is 61.9 Å². The summed E-state index contributed by atoms with van der Waals surface area (Å²) in [7, 11) is 0. The largest absolute Gasteiger partial charge is 0.328 e. The molecule has 5 nitrogen and oxygen atoms in total. The van der Waals surface area contributed by atoms with Gasteiger partial charge in [-0.05, 0) is 25.3 Å². The molecule has 0 saturated carbocycles. The Hall–Kier alpha value is -1.69. The Labute approximate surface area is 109 Å². The zero-order valence-corrected chi connectivity index (χ0v) is 10.7. The van der Waals surface area contributed by atoms with Gasteiger partial charge in [0.1, 0.15) is 10.7 Å². The van der Waals surface area contributed by atoms with Crippen LogP contribution in [-0.2, 0) is 0 Å². The minimum atomic E-state index is 0.0207. The predicted molar refractivity (Wildman–Crippen MR) is 68.3 cm³/mol. The summed E-state index contributed by atoms with van der Waals surface area (Å²) in [5.41, 5.74) is 0.554. The lowest BCUT2D eigenvalue weighted by Crippen LogP contribution is -2.38. The fourth-order valence-corrected chi connectivity index (χ4v) is 3.15. The van der Waals surface area contributed by atoms with Crippen molar-refractivity contribution >= 4 is 17.2 Å². The van der Waals surface area contributed by atoms with Crippen LogP contribution in [0.4, 0.5) is 0 Å². The molecule has 1 N–H and O–H groups in total. The van der Waals surface area contributed by atoms with Gasteiger partial charge in [0.05, 0.1) is 6.04 Å². The van der Waals surface area contributed by atoms with E-state index in [9.17, 15) is 4.79 Å². The van der Waals surface area contributed by atoms with E-state index in [0.29, 0.717) is 5.69 Å². The lowest BCUT2D eigenvalue weighted by Gasteiger charge is -2.34. The number of carbonyl (C=O) groups is 1. The lowest BCUT2D eigenvalue weighted by atomic mass is 10.0. The Bertz CT molecular complexity index is 508. The number of piperidine rings is 1. The van der Waals surface area contributed by atoms with Crippen molar-refractivity contribution in [3.05, 3.63) is 34.5 Å². The van der Waals surface area contributed by atoms with Crippen LogP contribution in [0.3, 0.4) is 0 Å². The Morgan fingerprint density at radius 2 is 2.39 bits per heavy atom. The van der Waals surface area contributed by atoms with Gasteiger partial charge in [0.15, 0.2) is 0 Å². The normalized spacial score (nSPS) is 20.0. The Morgan fingerprint density at radius 3 is 3.11 bits per heavy atom. The molecule has 0 aromatic carbocycles. The van der Waals surface area contributed by atoms with E-state index in [2.05, 4.69) is 15.2 Å². The van der Waals surface area contributed by atoms with Crippen molar-refractivity contribution in [2.45, 2.75) is 25.3 Å². The maximum Gasteiger partial charge on any atom is 0.272 e. The number of nitrogens with one attached hydrogen (secondary N) is 1. The Balaban J connectivity index is 1.86. The molecule has 0 bridgehead atoms. The molecule has 94 valence electrons. The number of H-pyrrole nitrogens is 1. The van der Waals surface area contributed by atoms with Crippen LogP contribution in [-0.4, -0.2) is 32.5 Å². The third-order valence-electron chi connectivity index (χ3n) is 3.23. The van der Waals surface area contributed by atoms with Gasteiger partial charge < -0.3 is 4.90 Å². The zero-order valence-electron chi connectivity index (χ0n) is 9.87. The second-order valence-corrected chi connectivity index (χ2v) is 5.28. The maximum absolute atomic E-state index is 12.4. The molecule has 1 aliphatic heterocycles. The maximum atomic E-state index is 12.4. The first-order chi connectivity index (χ1) is 8.86. The summed E-state index contributed by atoms with van der Waals surface area (Å²) >= 11 is 1.62. The smallest absolute Gasteiger partial charge is 0.272 e. The van der Waals surface area contributed by atoms with Gasteiger partial charge in [-0.3, -0.25) is 9.89 Å². The van der Waals surface area contributed by atoms with Crippen LogP contribution in [0.25, 0.3) is 0 Å². The summed E-state index contributed by atoms with van der Waals surface area (Å²) in [6, 6.07) is 1.84. The van der Waals surface area contributed by atoms with Crippen molar-refractivity contribution in [1.29, 1.82) is 0 Å². The van der Waals surface area contributed by atoms with Crippen molar-refractivity contribution in [2.75, 3.05) is 6.54 Å². The Kier molecular flexibility index (Phi) is 3.10. The van der Waals surface area contributed by atoms with E-state index in [0.717, 1.165) is 30.8 Å². The molecule has 6 heteroatoms. The summed E-state index contributed by atoms with van der Waals surface area (Å²) < 4.78 is 0. The van der Waals surface area contributed by atoms with E-state index < -0.39 is 0 Å².